The fraction of sp³-hybridized carbons (Fsp3) is 0.462. The van der Waals surface area contributed by atoms with Gasteiger partial charge in [0.2, 0.25) is 5.91 Å². The van der Waals surface area contributed by atoms with E-state index in [4.69, 9.17) is 5.73 Å². The number of rotatable bonds is 5. The summed E-state index contributed by atoms with van der Waals surface area (Å²) < 4.78 is 0. The van der Waals surface area contributed by atoms with Gasteiger partial charge in [0.15, 0.2) is 0 Å². The molecule has 0 heterocycles. The lowest BCUT2D eigenvalue weighted by atomic mass is 10.1. The third-order valence-corrected chi connectivity index (χ3v) is 2.60. The SMILES string of the molecule is Cc1cccc(CCNC(=O)C(C)CN)c1.Cl. The van der Waals surface area contributed by atoms with Crippen LogP contribution in [-0.2, 0) is 11.2 Å². The molecule has 0 aliphatic carbocycles. The van der Waals surface area contributed by atoms with E-state index >= 15 is 0 Å². The van der Waals surface area contributed by atoms with Crippen LogP contribution in [0.2, 0.25) is 0 Å². The van der Waals surface area contributed by atoms with Crippen LogP contribution in [0.3, 0.4) is 0 Å². The van der Waals surface area contributed by atoms with Gasteiger partial charge < -0.3 is 11.1 Å². The highest BCUT2D eigenvalue weighted by Gasteiger charge is 2.09. The van der Waals surface area contributed by atoms with E-state index in [0.717, 1.165) is 6.42 Å². The summed E-state index contributed by atoms with van der Waals surface area (Å²) >= 11 is 0. The summed E-state index contributed by atoms with van der Waals surface area (Å²) in [6.45, 7) is 4.98. The van der Waals surface area contributed by atoms with Crippen LogP contribution in [0.5, 0.6) is 0 Å². The Kier molecular flexibility index (Phi) is 7.59. The van der Waals surface area contributed by atoms with E-state index < -0.39 is 0 Å². The van der Waals surface area contributed by atoms with Gasteiger partial charge in [-0.25, -0.2) is 0 Å². The van der Waals surface area contributed by atoms with Gasteiger partial charge in [-0.2, -0.15) is 0 Å². The normalized spacial score (nSPS) is 11.5. The number of carbonyl (C=O) groups excluding carboxylic acids is 1. The average Bonchev–Trinajstić information content (AvgIpc) is 2.28. The second-order valence-electron chi connectivity index (χ2n) is 4.17. The summed E-state index contributed by atoms with van der Waals surface area (Å²) in [6.07, 6.45) is 0.866. The smallest absolute Gasteiger partial charge is 0.224 e. The van der Waals surface area contributed by atoms with Gasteiger partial charge in [-0.05, 0) is 18.9 Å². The molecular weight excluding hydrogens is 236 g/mol. The molecule has 17 heavy (non-hydrogen) atoms. The van der Waals surface area contributed by atoms with E-state index in [-0.39, 0.29) is 24.2 Å². The Morgan fingerprint density at radius 2 is 2.18 bits per heavy atom. The van der Waals surface area contributed by atoms with Crippen molar-refractivity contribution in [3.8, 4) is 0 Å². The first-order chi connectivity index (χ1) is 7.63. The second-order valence-corrected chi connectivity index (χ2v) is 4.17. The van der Waals surface area contributed by atoms with Crippen LogP contribution in [0.25, 0.3) is 0 Å². The molecule has 96 valence electrons. The van der Waals surface area contributed by atoms with Gasteiger partial charge in [-0.3, -0.25) is 4.79 Å². The number of hydrogen-bond acceptors (Lipinski definition) is 2. The van der Waals surface area contributed by atoms with Crippen molar-refractivity contribution in [1.29, 1.82) is 0 Å². The van der Waals surface area contributed by atoms with Crippen molar-refractivity contribution >= 4 is 18.3 Å². The molecule has 0 bridgehead atoms. The molecular formula is C13H21ClN2O. The van der Waals surface area contributed by atoms with Gasteiger partial charge in [0, 0.05) is 19.0 Å². The van der Waals surface area contributed by atoms with Gasteiger partial charge >= 0.3 is 0 Å². The third kappa shape index (κ3) is 5.71. The van der Waals surface area contributed by atoms with E-state index in [1.165, 1.54) is 11.1 Å². The molecule has 3 N–H and O–H groups in total. The third-order valence-electron chi connectivity index (χ3n) is 2.60. The molecule has 0 saturated heterocycles. The molecule has 0 fully saturated rings. The Hall–Kier alpha value is -1.06. The van der Waals surface area contributed by atoms with Crippen molar-refractivity contribution in [2.24, 2.45) is 11.7 Å². The molecule has 0 radical (unpaired) electrons. The number of benzene rings is 1. The Balaban J connectivity index is 0.00000256. The highest BCUT2D eigenvalue weighted by Crippen LogP contribution is 2.04. The average molecular weight is 257 g/mol. The van der Waals surface area contributed by atoms with Crippen molar-refractivity contribution in [1.82, 2.24) is 5.32 Å². The Labute approximate surface area is 109 Å². The van der Waals surface area contributed by atoms with Gasteiger partial charge in [-0.1, -0.05) is 36.8 Å². The summed E-state index contributed by atoms with van der Waals surface area (Å²) in [4.78, 5) is 11.4. The predicted octanol–water partition coefficient (Wildman–Crippen LogP) is 1.67. The van der Waals surface area contributed by atoms with Gasteiger partial charge in [0.1, 0.15) is 0 Å². The van der Waals surface area contributed by atoms with E-state index in [1.54, 1.807) is 0 Å². The zero-order valence-corrected chi connectivity index (χ0v) is 11.2. The van der Waals surface area contributed by atoms with Crippen molar-refractivity contribution in [2.45, 2.75) is 20.3 Å². The van der Waals surface area contributed by atoms with Crippen LogP contribution >= 0.6 is 12.4 Å². The standard InChI is InChI=1S/C13H20N2O.ClH/c1-10-4-3-5-12(8-10)6-7-15-13(16)11(2)9-14;/h3-5,8,11H,6-7,9,14H2,1-2H3,(H,15,16);1H. The summed E-state index contributed by atoms with van der Waals surface area (Å²) in [5.74, 6) is -0.0623. The Morgan fingerprint density at radius 3 is 2.76 bits per heavy atom. The van der Waals surface area contributed by atoms with Crippen molar-refractivity contribution in [2.75, 3.05) is 13.1 Å². The molecule has 1 unspecified atom stereocenters. The molecule has 1 aromatic rings. The molecule has 0 aliphatic rings. The first-order valence-electron chi connectivity index (χ1n) is 5.67. The number of halogens is 1. The van der Waals surface area contributed by atoms with Crippen LogP contribution in [-0.4, -0.2) is 19.0 Å². The maximum Gasteiger partial charge on any atom is 0.224 e. The fourth-order valence-corrected chi connectivity index (χ4v) is 1.48. The summed E-state index contributed by atoms with van der Waals surface area (Å²) in [7, 11) is 0. The van der Waals surface area contributed by atoms with E-state index in [9.17, 15) is 4.79 Å². The summed E-state index contributed by atoms with van der Waals surface area (Å²) in [6, 6.07) is 8.32. The van der Waals surface area contributed by atoms with Crippen LogP contribution in [0.1, 0.15) is 18.1 Å². The minimum absolute atomic E-state index is 0. The number of nitrogens with two attached hydrogens (primary N) is 1. The van der Waals surface area contributed by atoms with E-state index in [0.29, 0.717) is 13.1 Å². The van der Waals surface area contributed by atoms with Crippen molar-refractivity contribution < 1.29 is 4.79 Å². The number of amides is 1. The minimum Gasteiger partial charge on any atom is -0.355 e. The van der Waals surface area contributed by atoms with Crippen LogP contribution in [0, 0.1) is 12.8 Å². The number of aryl methyl sites for hydroxylation is 1. The Bertz CT molecular complexity index is 355. The van der Waals surface area contributed by atoms with Crippen LogP contribution in [0.4, 0.5) is 0 Å². The van der Waals surface area contributed by atoms with Gasteiger partial charge in [0.05, 0.1) is 0 Å². The lowest BCUT2D eigenvalue weighted by molar-refractivity contribution is -0.124. The van der Waals surface area contributed by atoms with Crippen LogP contribution in [0.15, 0.2) is 24.3 Å². The molecule has 3 nitrogen and oxygen atoms in total. The molecule has 1 aromatic carbocycles. The van der Waals surface area contributed by atoms with Crippen LogP contribution < -0.4 is 11.1 Å². The maximum atomic E-state index is 11.4. The lowest BCUT2D eigenvalue weighted by Gasteiger charge is -2.09. The number of carbonyl (C=O) groups is 1. The summed E-state index contributed by atoms with van der Waals surface area (Å²) in [5, 5.41) is 2.88. The number of hydrogen-bond donors (Lipinski definition) is 2. The Morgan fingerprint density at radius 1 is 1.47 bits per heavy atom. The zero-order chi connectivity index (χ0) is 12.0. The lowest BCUT2D eigenvalue weighted by Crippen LogP contribution is -2.34. The number of nitrogens with one attached hydrogen (secondary N) is 1. The predicted molar refractivity (Wildman–Crippen MR) is 73.4 cm³/mol. The first-order valence-corrected chi connectivity index (χ1v) is 5.67. The van der Waals surface area contributed by atoms with Gasteiger partial charge in [-0.15, -0.1) is 12.4 Å². The highest BCUT2D eigenvalue weighted by atomic mass is 35.5. The second kappa shape index (κ2) is 8.09. The molecule has 1 atom stereocenters. The van der Waals surface area contributed by atoms with Gasteiger partial charge in [0.25, 0.3) is 0 Å². The molecule has 0 spiro atoms. The monoisotopic (exact) mass is 256 g/mol. The topological polar surface area (TPSA) is 55.1 Å². The molecule has 0 saturated carbocycles. The van der Waals surface area contributed by atoms with Crippen molar-refractivity contribution in [3.05, 3.63) is 35.4 Å². The first kappa shape index (κ1) is 15.9. The summed E-state index contributed by atoms with van der Waals surface area (Å²) in [5.41, 5.74) is 7.91. The van der Waals surface area contributed by atoms with E-state index in [1.807, 2.05) is 13.0 Å². The zero-order valence-electron chi connectivity index (χ0n) is 10.4. The molecule has 0 aromatic heterocycles. The molecule has 1 amide bonds. The highest BCUT2D eigenvalue weighted by molar-refractivity contribution is 5.85. The largest absolute Gasteiger partial charge is 0.355 e. The molecule has 1 rings (SSSR count). The fourth-order valence-electron chi connectivity index (χ4n) is 1.48. The van der Waals surface area contributed by atoms with E-state index in [2.05, 4.69) is 30.4 Å². The molecule has 0 aliphatic heterocycles. The maximum absolute atomic E-state index is 11.4. The van der Waals surface area contributed by atoms with Crippen molar-refractivity contribution in [3.63, 3.8) is 0 Å². The molecule has 4 heteroatoms. The quantitative estimate of drug-likeness (QED) is 0.842. The minimum atomic E-state index is -0.0995.